The van der Waals surface area contributed by atoms with Gasteiger partial charge in [-0.25, -0.2) is 8.78 Å². The Balaban J connectivity index is 1.24. The molecule has 6 aliphatic rings. The normalized spacial score (nSPS) is 26.6. The lowest BCUT2D eigenvalue weighted by molar-refractivity contribution is -0.166. The van der Waals surface area contributed by atoms with Crippen molar-refractivity contribution in [1.29, 1.82) is 0 Å². The van der Waals surface area contributed by atoms with Crippen molar-refractivity contribution in [2.75, 3.05) is 95.2 Å². The first-order valence-electron chi connectivity index (χ1n) is 38.6. The second kappa shape index (κ2) is 37.7. The van der Waals surface area contributed by atoms with Crippen molar-refractivity contribution in [3.8, 4) is 0 Å². The third-order valence-corrected chi connectivity index (χ3v) is 23.4. The molecule has 4 aliphatic heterocycles. The van der Waals surface area contributed by atoms with Gasteiger partial charge in [0.1, 0.15) is 71.1 Å². The molecule has 2 saturated carbocycles. The number of hydrogen-bond donors (Lipinski definition) is 2. The van der Waals surface area contributed by atoms with E-state index in [9.17, 15) is 45.5 Å². The van der Waals surface area contributed by atoms with Gasteiger partial charge in [0.15, 0.2) is 0 Å². The SMILES string of the molecule is CCC[C@H]1C(=O)N[C@@H]([C@@H](C)CC)C(=O)N(C)CC(=O)N(C)[C@H]2C/C=C\CCN(C2=O)[C@@H](Cc2ccc(C(F)(F)F)cc2)C(=O)N(C)CC(=O)N[C@@H](CCc2cc(F)c(C(F)(F)F)c(F)c2)C(=O)N2C[C@H](OCC)C[C@H]2C(=O)N(C)C2(CCC2)C(=O)N(C)[C@@H](C2CCCC2)C(=O)N(C)[C@H](C(=O)N2CCCCC2)CC(=O)N1C. The molecule has 0 aromatic heterocycles. The Hall–Kier alpha value is -8.78. The standard InChI is InChI=1S/C78H108F8N12O13/c1-12-24-56-67(102)88-65(47(4)13-2)73(108)90(6)46-63(101)92(8)57-27-17-15-22-38-97(72(57)107)59(41-48-28-31-51(32-29-48)77(81,82)83)69(104)89(5)45-61(99)87-55(33-30-49-39-53(79)64(54(80)40-49)78(84,85)86)68(103)98-44-52(111-14-3)42-60(98)70(105)95(11)76(34-23-35-76)75(110)94(10)66(50-25-18-19-26-50)74(109)93(9)58(43-62(100)91(56)7)71(106)96-36-20-16-21-37-96/h15,17,28-29,31-32,39-40,47,50,52,55-60,65-66H,12-14,16,18-27,30,33-38,41-46H2,1-11H3,(H,87,99)(H,88,102)/b17-15-/t47-,52+,55-,56-,57-,58-,59-,60-,65-,66-/m0/s1. The molecule has 33 heteroatoms. The number of piperidine rings is 1. The number of likely N-dealkylation sites (N-methyl/N-ethyl adjacent to an activating group) is 7. The topological polar surface area (TPSA) is 271 Å². The van der Waals surface area contributed by atoms with Gasteiger partial charge in [0.25, 0.3) is 0 Å². The van der Waals surface area contributed by atoms with Crippen molar-refractivity contribution in [2.24, 2.45) is 11.8 Å². The second-order valence-corrected chi connectivity index (χ2v) is 30.7. The third kappa shape index (κ3) is 20.4. The number of aryl methyl sites for hydroxylation is 1. The van der Waals surface area contributed by atoms with E-state index in [1.165, 1.54) is 61.9 Å². The highest BCUT2D eigenvalue weighted by atomic mass is 19.4. The average Bonchev–Trinajstić information content (AvgIpc) is 1.64. The number of likely N-dealkylation sites (tertiary alicyclic amines) is 1. The van der Waals surface area contributed by atoms with Crippen molar-refractivity contribution in [3.63, 3.8) is 0 Å². The van der Waals surface area contributed by atoms with E-state index < -0.39 is 222 Å². The summed E-state index contributed by atoms with van der Waals surface area (Å²) >= 11 is 0. The highest BCUT2D eigenvalue weighted by Gasteiger charge is 2.57. The number of fused-ring (bicyclic) bond motifs is 3. The van der Waals surface area contributed by atoms with Gasteiger partial charge in [-0.2, -0.15) is 26.3 Å². The molecule has 5 fully saturated rings. The maximum absolute atomic E-state index is 15.8. The van der Waals surface area contributed by atoms with Crippen LogP contribution in [0.3, 0.4) is 0 Å². The van der Waals surface area contributed by atoms with Gasteiger partial charge < -0.3 is 64.4 Å². The van der Waals surface area contributed by atoms with Crippen LogP contribution in [0, 0.1) is 23.5 Å². The molecule has 0 radical (unpaired) electrons. The molecule has 2 bridgehead atoms. The smallest absolute Gasteiger partial charge is 0.377 e. The van der Waals surface area contributed by atoms with E-state index in [0.717, 1.165) is 62.2 Å². The van der Waals surface area contributed by atoms with E-state index >= 15 is 47.1 Å². The molecule has 12 amide bonds. The summed E-state index contributed by atoms with van der Waals surface area (Å²) in [4.78, 5) is 195. The predicted molar refractivity (Wildman–Crippen MR) is 390 cm³/mol. The average molecular weight is 1570 g/mol. The Bertz CT molecular complexity index is 3730. The number of nitrogens with one attached hydrogen (secondary N) is 2. The van der Waals surface area contributed by atoms with Crippen molar-refractivity contribution in [1.82, 2.24) is 59.6 Å². The van der Waals surface area contributed by atoms with Crippen LogP contribution in [0.15, 0.2) is 48.6 Å². The first kappa shape index (κ1) is 87.8. The number of alkyl halides is 6. The van der Waals surface area contributed by atoms with Gasteiger partial charge in [0.05, 0.1) is 31.2 Å². The zero-order valence-corrected chi connectivity index (χ0v) is 65.4. The summed E-state index contributed by atoms with van der Waals surface area (Å²) in [7, 11) is 9.35. The van der Waals surface area contributed by atoms with Crippen LogP contribution in [0.1, 0.15) is 166 Å². The first-order valence-corrected chi connectivity index (χ1v) is 38.6. The summed E-state index contributed by atoms with van der Waals surface area (Å²) in [5.74, 6) is -14.7. The van der Waals surface area contributed by atoms with Crippen LogP contribution in [0.5, 0.6) is 0 Å². The van der Waals surface area contributed by atoms with Gasteiger partial charge in [-0.15, -0.1) is 0 Å². The fraction of sp³-hybridized carbons (Fsp3) is 0.667. The van der Waals surface area contributed by atoms with E-state index in [4.69, 9.17) is 4.74 Å². The Morgan fingerprint density at radius 2 is 1.25 bits per heavy atom. The molecule has 2 aromatic rings. The van der Waals surface area contributed by atoms with E-state index in [1.54, 1.807) is 44.7 Å². The van der Waals surface area contributed by atoms with Gasteiger partial charge in [0, 0.05) is 95.0 Å². The van der Waals surface area contributed by atoms with Gasteiger partial charge in [-0.05, 0) is 138 Å². The molecule has 111 heavy (non-hydrogen) atoms. The largest absolute Gasteiger partial charge is 0.422 e. The maximum atomic E-state index is 15.8. The minimum absolute atomic E-state index is 0.0624. The van der Waals surface area contributed by atoms with Crippen LogP contribution >= 0.6 is 0 Å². The number of carbonyl (C=O) groups excluding carboxylic acids is 12. The molecule has 3 saturated heterocycles. The Morgan fingerprint density at radius 3 is 1.83 bits per heavy atom. The van der Waals surface area contributed by atoms with Crippen LogP contribution in [-0.2, 0) is 87.5 Å². The van der Waals surface area contributed by atoms with Crippen LogP contribution in [-0.4, -0.2) is 275 Å². The minimum Gasteiger partial charge on any atom is -0.377 e. The molecular formula is C78H108F8N12O13. The summed E-state index contributed by atoms with van der Waals surface area (Å²) in [6.07, 6.45) is -4.72. The number of halogens is 8. The van der Waals surface area contributed by atoms with Gasteiger partial charge in [-0.1, -0.05) is 70.7 Å². The number of carbonyl (C=O) groups is 12. The molecule has 8 rings (SSSR count). The minimum atomic E-state index is -5.46. The molecule has 2 aliphatic carbocycles. The van der Waals surface area contributed by atoms with Crippen LogP contribution in [0.25, 0.3) is 0 Å². The monoisotopic (exact) mass is 1570 g/mol. The number of hydrogen-bond acceptors (Lipinski definition) is 13. The van der Waals surface area contributed by atoms with Gasteiger partial charge in [0.2, 0.25) is 70.9 Å². The lowest BCUT2D eigenvalue weighted by Gasteiger charge is -2.51. The summed E-state index contributed by atoms with van der Waals surface area (Å²) < 4.78 is 120. The Morgan fingerprint density at radius 1 is 0.622 bits per heavy atom. The maximum Gasteiger partial charge on any atom is 0.422 e. The van der Waals surface area contributed by atoms with E-state index in [1.807, 2.05) is 0 Å². The van der Waals surface area contributed by atoms with E-state index in [0.29, 0.717) is 83.0 Å². The number of amides is 12. The fourth-order valence-electron chi connectivity index (χ4n) is 16.3. The van der Waals surface area contributed by atoms with Crippen molar-refractivity contribution >= 4 is 70.9 Å². The lowest BCUT2D eigenvalue weighted by atomic mass is 9.73. The van der Waals surface area contributed by atoms with Crippen LogP contribution in [0.2, 0.25) is 0 Å². The third-order valence-electron chi connectivity index (χ3n) is 23.4. The van der Waals surface area contributed by atoms with Gasteiger partial charge in [-0.3, -0.25) is 57.5 Å². The number of nitrogens with zero attached hydrogens (tertiary/aromatic N) is 10. The van der Waals surface area contributed by atoms with E-state index in [-0.39, 0.29) is 63.8 Å². The zero-order chi connectivity index (χ0) is 81.9. The molecule has 4 heterocycles. The fourth-order valence-corrected chi connectivity index (χ4v) is 16.3. The summed E-state index contributed by atoms with van der Waals surface area (Å²) in [5.41, 5.74) is -5.18. The number of benzene rings is 2. The van der Waals surface area contributed by atoms with Gasteiger partial charge >= 0.3 is 12.4 Å². The molecule has 0 unspecified atom stereocenters. The van der Waals surface area contributed by atoms with Crippen LogP contribution < -0.4 is 10.6 Å². The highest BCUT2D eigenvalue weighted by molar-refractivity contribution is 6.01. The van der Waals surface area contributed by atoms with Crippen molar-refractivity contribution in [3.05, 3.63) is 82.4 Å². The second-order valence-electron chi connectivity index (χ2n) is 30.7. The molecule has 25 nitrogen and oxygen atoms in total. The number of rotatable bonds is 13. The number of ether oxygens (including phenoxy) is 1. The molecule has 2 aromatic carbocycles. The quantitative estimate of drug-likeness (QED) is 0.155. The zero-order valence-electron chi connectivity index (χ0n) is 65.4. The summed E-state index contributed by atoms with van der Waals surface area (Å²) in [5, 5.41) is 5.42. The molecule has 2 N–H and O–H groups in total. The summed E-state index contributed by atoms with van der Waals surface area (Å²) in [6, 6.07) is -7.13. The first-order chi connectivity index (χ1) is 52.3. The molecule has 1 spiro atoms. The van der Waals surface area contributed by atoms with Crippen molar-refractivity contribution < 1.29 is 97.4 Å². The summed E-state index contributed by atoms with van der Waals surface area (Å²) in [6.45, 7) is 5.40. The Labute approximate surface area is 643 Å². The molecular weight excluding hydrogens is 1460 g/mol. The lowest BCUT2D eigenvalue weighted by Crippen LogP contribution is -2.68. The molecule has 614 valence electrons. The highest BCUT2D eigenvalue weighted by Crippen LogP contribution is 2.43. The van der Waals surface area contributed by atoms with Crippen molar-refractivity contribution in [2.45, 2.75) is 228 Å². The molecule has 10 atom stereocenters. The van der Waals surface area contributed by atoms with Crippen LogP contribution in [0.4, 0.5) is 35.1 Å². The Kier molecular flexibility index (Phi) is 29.8. The van der Waals surface area contributed by atoms with E-state index in [2.05, 4.69) is 10.6 Å². The predicted octanol–water partition coefficient (Wildman–Crippen LogP) is 6.76.